The van der Waals surface area contributed by atoms with Crippen LogP contribution in [0.4, 0.5) is 4.39 Å². The van der Waals surface area contributed by atoms with Gasteiger partial charge in [0, 0.05) is 17.0 Å². The molecule has 0 fully saturated rings. The summed E-state index contributed by atoms with van der Waals surface area (Å²) in [6, 6.07) is 13.7. The molecule has 106 valence electrons. The van der Waals surface area contributed by atoms with Crippen LogP contribution in [0.25, 0.3) is 0 Å². The van der Waals surface area contributed by atoms with E-state index in [2.05, 4.69) is 0 Å². The molecular weight excluding hydrogens is 277 g/mol. The lowest BCUT2D eigenvalue weighted by Gasteiger charge is -2.31. The molecule has 0 aliphatic carbocycles. The predicted octanol–water partition coefficient (Wildman–Crippen LogP) is 2.91. The number of nitrogens with two attached hydrogens (primary N) is 1. The Kier molecular flexibility index (Phi) is 4.76. The van der Waals surface area contributed by atoms with E-state index in [4.69, 9.17) is 17.3 Å². The monoisotopic (exact) mass is 293 g/mol. The van der Waals surface area contributed by atoms with Gasteiger partial charge in [0.25, 0.3) is 0 Å². The van der Waals surface area contributed by atoms with Gasteiger partial charge in [0.2, 0.25) is 0 Å². The molecule has 0 amide bonds. The van der Waals surface area contributed by atoms with E-state index in [0.29, 0.717) is 17.0 Å². The van der Waals surface area contributed by atoms with Gasteiger partial charge in [0.05, 0.1) is 6.61 Å². The molecular formula is C16H17ClFNO. The molecule has 0 radical (unpaired) electrons. The second kappa shape index (κ2) is 6.35. The molecule has 2 nitrogen and oxygen atoms in total. The highest BCUT2D eigenvalue weighted by molar-refractivity contribution is 6.30. The molecule has 4 heteroatoms. The van der Waals surface area contributed by atoms with Crippen molar-refractivity contribution in [3.05, 3.63) is 70.5 Å². The summed E-state index contributed by atoms with van der Waals surface area (Å²) in [7, 11) is 0. The Morgan fingerprint density at radius 3 is 2.30 bits per heavy atom. The van der Waals surface area contributed by atoms with Gasteiger partial charge in [-0.15, -0.1) is 0 Å². The number of aliphatic hydroxyl groups excluding tert-OH is 1. The van der Waals surface area contributed by atoms with E-state index in [1.54, 1.807) is 30.3 Å². The number of hydrogen-bond acceptors (Lipinski definition) is 2. The van der Waals surface area contributed by atoms with Gasteiger partial charge in [-0.05, 0) is 35.7 Å². The standard InChI is InChI=1S/C16H17ClFNO/c17-13-7-5-12(6-8-13)9-16(10-19,11-20)14-3-1-2-4-15(14)18/h1-8,20H,9-11,19H2. The van der Waals surface area contributed by atoms with E-state index in [-0.39, 0.29) is 19.0 Å². The average Bonchev–Trinajstić information content (AvgIpc) is 2.48. The van der Waals surface area contributed by atoms with Gasteiger partial charge in [-0.25, -0.2) is 4.39 Å². The highest BCUT2D eigenvalue weighted by atomic mass is 35.5. The molecule has 0 aliphatic heterocycles. The van der Waals surface area contributed by atoms with Crippen molar-refractivity contribution in [3.8, 4) is 0 Å². The van der Waals surface area contributed by atoms with Gasteiger partial charge >= 0.3 is 0 Å². The fraction of sp³-hybridized carbons (Fsp3) is 0.250. The number of benzene rings is 2. The zero-order chi connectivity index (χ0) is 14.6. The van der Waals surface area contributed by atoms with Crippen LogP contribution in [0, 0.1) is 5.82 Å². The highest BCUT2D eigenvalue weighted by Gasteiger charge is 2.32. The summed E-state index contributed by atoms with van der Waals surface area (Å²) < 4.78 is 14.0. The van der Waals surface area contributed by atoms with Crippen LogP contribution in [-0.4, -0.2) is 18.3 Å². The van der Waals surface area contributed by atoms with E-state index in [1.165, 1.54) is 6.07 Å². The molecule has 0 spiro atoms. The zero-order valence-corrected chi connectivity index (χ0v) is 11.8. The Morgan fingerprint density at radius 2 is 1.75 bits per heavy atom. The lowest BCUT2D eigenvalue weighted by atomic mass is 9.76. The number of halogens is 2. The van der Waals surface area contributed by atoms with Crippen molar-refractivity contribution in [2.24, 2.45) is 5.73 Å². The van der Waals surface area contributed by atoms with Crippen molar-refractivity contribution >= 4 is 11.6 Å². The van der Waals surface area contributed by atoms with Crippen molar-refractivity contribution in [1.29, 1.82) is 0 Å². The molecule has 0 saturated carbocycles. The van der Waals surface area contributed by atoms with Gasteiger partial charge in [-0.1, -0.05) is 41.9 Å². The molecule has 2 aromatic rings. The smallest absolute Gasteiger partial charge is 0.127 e. The summed E-state index contributed by atoms with van der Waals surface area (Å²) in [5.74, 6) is -0.346. The number of aliphatic hydroxyl groups is 1. The fourth-order valence-corrected chi connectivity index (χ4v) is 2.49. The maximum Gasteiger partial charge on any atom is 0.127 e. The second-order valence-electron chi connectivity index (χ2n) is 4.93. The minimum Gasteiger partial charge on any atom is -0.395 e. The summed E-state index contributed by atoms with van der Waals surface area (Å²) in [5, 5.41) is 10.4. The first-order valence-corrected chi connectivity index (χ1v) is 6.79. The fourth-order valence-electron chi connectivity index (χ4n) is 2.37. The van der Waals surface area contributed by atoms with Crippen molar-refractivity contribution in [2.45, 2.75) is 11.8 Å². The lowest BCUT2D eigenvalue weighted by molar-refractivity contribution is 0.192. The molecule has 0 aromatic heterocycles. The molecule has 1 atom stereocenters. The van der Waals surface area contributed by atoms with E-state index in [9.17, 15) is 9.50 Å². The molecule has 0 saturated heterocycles. The Bertz CT molecular complexity index is 567. The number of hydrogen-bond donors (Lipinski definition) is 2. The topological polar surface area (TPSA) is 46.2 Å². The van der Waals surface area contributed by atoms with Crippen LogP contribution in [0.3, 0.4) is 0 Å². The largest absolute Gasteiger partial charge is 0.395 e. The summed E-state index contributed by atoms with van der Waals surface area (Å²) in [5.41, 5.74) is 6.42. The predicted molar refractivity (Wildman–Crippen MR) is 79.4 cm³/mol. The van der Waals surface area contributed by atoms with Gasteiger partial charge in [0.1, 0.15) is 5.82 Å². The minimum atomic E-state index is -0.820. The molecule has 0 bridgehead atoms. The maximum atomic E-state index is 14.0. The summed E-state index contributed by atoms with van der Waals surface area (Å²) in [4.78, 5) is 0. The minimum absolute atomic E-state index is 0.160. The first kappa shape index (κ1) is 15.0. The Hall–Kier alpha value is -1.42. The van der Waals surface area contributed by atoms with Gasteiger partial charge < -0.3 is 10.8 Å². The van der Waals surface area contributed by atoms with E-state index in [1.807, 2.05) is 12.1 Å². The van der Waals surface area contributed by atoms with Crippen LogP contribution in [0.5, 0.6) is 0 Å². The van der Waals surface area contributed by atoms with Crippen LogP contribution in [0.1, 0.15) is 11.1 Å². The quantitative estimate of drug-likeness (QED) is 0.890. The molecule has 20 heavy (non-hydrogen) atoms. The van der Waals surface area contributed by atoms with Crippen LogP contribution < -0.4 is 5.73 Å². The molecule has 0 aliphatic rings. The molecule has 3 N–H and O–H groups in total. The Morgan fingerprint density at radius 1 is 1.10 bits per heavy atom. The summed E-state index contributed by atoms with van der Waals surface area (Å²) in [6.07, 6.45) is 0.456. The zero-order valence-electron chi connectivity index (χ0n) is 11.0. The van der Waals surface area contributed by atoms with Crippen molar-refractivity contribution < 1.29 is 9.50 Å². The van der Waals surface area contributed by atoms with Crippen molar-refractivity contribution in [2.75, 3.05) is 13.2 Å². The van der Waals surface area contributed by atoms with Crippen LogP contribution >= 0.6 is 11.6 Å². The molecule has 2 aromatic carbocycles. The lowest BCUT2D eigenvalue weighted by Crippen LogP contribution is -2.41. The third kappa shape index (κ3) is 3.01. The first-order chi connectivity index (χ1) is 9.61. The summed E-state index contributed by atoms with van der Waals surface area (Å²) >= 11 is 5.86. The third-order valence-electron chi connectivity index (χ3n) is 3.59. The molecule has 2 rings (SSSR count). The Balaban J connectivity index is 2.39. The van der Waals surface area contributed by atoms with E-state index >= 15 is 0 Å². The van der Waals surface area contributed by atoms with Crippen LogP contribution in [-0.2, 0) is 11.8 Å². The molecule has 1 unspecified atom stereocenters. The maximum absolute atomic E-state index is 14.0. The third-order valence-corrected chi connectivity index (χ3v) is 3.85. The van der Waals surface area contributed by atoms with Gasteiger partial charge in [0.15, 0.2) is 0 Å². The second-order valence-corrected chi connectivity index (χ2v) is 5.36. The Labute approximate surface area is 123 Å². The highest BCUT2D eigenvalue weighted by Crippen LogP contribution is 2.29. The van der Waals surface area contributed by atoms with Crippen molar-refractivity contribution in [3.63, 3.8) is 0 Å². The van der Waals surface area contributed by atoms with E-state index in [0.717, 1.165) is 5.56 Å². The van der Waals surface area contributed by atoms with Gasteiger partial charge in [-0.2, -0.15) is 0 Å². The first-order valence-electron chi connectivity index (χ1n) is 6.42. The summed E-state index contributed by atoms with van der Waals surface area (Å²) in [6.45, 7) is -0.0554. The molecule has 0 heterocycles. The van der Waals surface area contributed by atoms with Crippen molar-refractivity contribution in [1.82, 2.24) is 0 Å². The van der Waals surface area contributed by atoms with Crippen LogP contribution in [0.15, 0.2) is 48.5 Å². The van der Waals surface area contributed by atoms with Crippen LogP contribution in [0.2, 0.25) is 5.02 Å². The van der Waals surface area contributed by atoms with Gasteiger partial charge in [-0.3, -0.25) is 0 Å². The number of rotatable bonds is 5. The average molecular weight is 294 g/mol. The van der Waals surface area contributed by atoms with E-state index < -0.39 is 5.41 Å². The SMILES string of the molecule is NCC(CO)(Cc1ccc(Cl)cc1)c1ccccc1F. The normalized spacial score (nSPS) is 14.0.